The van der Waals surface area contributed by atoms with Gasteiger partial charge in [0.05, 0.1) is 12.6 Å². The van der Waals surface area contributed by atoms with Crippen LogP contribution in [0.15, 0.2) is 54.6 Å². The molecular formula is C31H43N3O2. The highest BCUT2D eigenvalue weighted by molar-refractivity contribution is 5.78. The maximum atomic E-state index is 13.9. The van der Waals surface area contributed by atoms with Gasteiger partial charge in [0, 0.05) is 25.2 Å². The van der Waals surface area contributed by atoms with Crippen LogP contribution in [0.25, 0.3) is 0 Å². The number of hydrogen-bond acceptors (Lipinski definition) is 3. The number of hydrogen-bond donors (Lipinski definition) is 0. The summed E-state index contributed by atoms with van der Waals surface area (Å²) in [5.74, 6) is 1.53. The van der Waals surface area contributed by atoms with Crippen LogP contribution in [0, 0.1) is 5.92 Å². The van der Waals surface area contributed by atoms with Gasteiger partial charge in [-0.1, -0.05) is 62.7 Å². The van der Waals surface area contributed by atoms with Crippen molar-refractivity contribution in [1.29, 1.82) is 0 Å². The molecule has 1 heterocycles. The zero-order chi connectivity index (χ0) is 25.2. The minimum absolute atomic E-state index is 0.0510. The lowest BCUT2D eigenvalue weighted by Crippen LogP contribution is -2.57. The zero-order valence-electron chi connectivity index (χ0n) is 22.4. The first-order chi connectivity index (χ1) is 17.5. The zero-order valence-corrected chi connectivity index (χ0v) is 22.4. The molecule has 0 aromatic heterocycles. The van der Waals surface area contributed by atoms with E-state index in [2.05, 4.69) is 71.0 Å². The van der Waals surface area contributed by atoms with Crippen molar-refractivity contribution in [2.24, 2.45) is 5.92 Å². The van der Waals surface area contributed by atoms with Crippen molar-refractivity contribution in [2.45, 2.75) is 76.4 Å². The molecule has 36 heavy (non-hydrogen) atoms. The maximum Gasteiger partial charge on any atom is 0.320 e. The second kappa shape index (κ2) is 10.5. The van der Waals surface area contributed by atoms with Crippen molar-refractivity contribution in [2.75, 3.05) is 33.3 Å². The molecule has 3 fully saturated rings. The Morgan fingerprint density at radius 3 is 2.17 bits per heavy atom. The van der Waals surface area contributed by atoms with Gasteiger partial charge in [-0.2, -0.15) is 0 Å². The Labute approximate surface area is 217 Å². The lowest BCUT2D eigenvalue weighted by molar-refractivity contribution is -0.00323. The standard InChI is InChI=1S/C31H43N3O2/c1-4-33(5-2)31(27-12-7-6-8-13-27)20-18-30(19-21-31)24-32(22-26-14-16-28(36-3)17-15-26)29(35)34(30)23-25-10-9-11-25/h6-8,12-17,25H,4-5,9-11,18-24H2,1-3H3/t30-,31-. The summed E-state index contributed by atoms with van der Waals surface area (Å²) in [6.45, 7) is 9.12. The van der Waals surface area contributed by atoms with E-state index in [-0.39, 0.29) is 17.1 Å². The van der Waals surface area contributed by atoms with Crippen LogP contribution < -0.4 is 4.74 Å². The Kier molecular flexibility index (Phi) is 7.30. The number of benzene rings is 2. The van der Waals surface area contributed by atoms with E-state index >= 15 is 0 Å². The third-order valence-electron chi connectivity index (χ3n) is 9.44. The fraction of sp³-hybridized carbons (Fsp3) is 0.581. The number of carbonyl (C=O) groups is 1. The smallest absolute Gasteiger partial charge is 0.320 e. The molecule has 1 saturated heterocycles. The molecule has 2 amide bonds. The normalized spacial score (nSPS) is 26.6. The number of amides is 2. The Morgan fingerprint density at radius 1 is 0.944 bits per heavy atom. The number of nitrogens with zero attached hydrogens (tertiary/aromatic N) is 3. The summed E-state index contributed by atoms with van der Waals surface area (Å²) >= 11 is 0. The Hall–Kier alpha value is -2.53. The van der Waals surface area contributed by atoms with Gasteiger partial charge in [-0.15, -0.1) is 0 Å². The summed E-state index contributed by atoms with van der Waals surface area (Å²) in [6, 6.07) is 19.5. The van der Waals surface area contributed by atoms with Crippen LogP contribution in [0.3, 0.4) is 0 Å². The fourth-order valence-electron chi connectivity index (χ4n) is 7.08. The molecule has 2 aromatic rings. The van der Waals surface area contributed by atoms with E-state index in [9.17, 15) is 4.79 Å². The van der Waals surface area contributed by atoms with Crippen LogP contribution in [-0.4, -0.2) is 59.6 Å². The molecule has 2 aliphatic carbocycles. The number of methoxy groups -OCH3 is 1. The number of ether oxygens (including phenoxy) is 1. The Morgan fingerprint density at radius 2 is 1.61 bits per heavy atom. The molecule has 0 radical (unpaired) electrons. The van der Waals surface area contributed by atoms with E-state index in [1.165, 1.54) is 30.4 Å². The molecule has 0 bridgehead atoms. The second-order valence-corrected chi connectivity index (χ2v) is 11.2. The van der Waals surface area contributed by atoms with Crippen LogP contribution in [0.5, 0.6) is 5.75 Å². The summed E-state index contributed by atoms with van der Waals surface area (Å²) in [5, 5.41) is 0. The second-order valence-electron chi connectivity index (χ2n) is 11.2. The van der Waals surface area contributed by atoms with Crippen LogP contribution in [-0.2, 0) is 12.1 Å². The van der Waals surface area contributed by atoms with E-state index in [4.69, 9.17) is 4.74 Å². The summed E-state index contributed by atoms with van der Waals surface area (Å²) < 4.78 is 5.33. The van der Waals surface area contributed by atoms with Gasteiger partial charge in [-0.05, 0) is 80.8 Å². The molecule has 0 atom stereocenters. The van der Waals surface area contributed by atoms with Gasteiger partial charge in [0.15, 0.2) is 0 Å². The van der Waals surface area contributed by atoms with Crippen LogP contribution in [0.2, 0.25) is 0 Å². The topological polar surface area (TPSA) is 36.0 Å². The quantitative estimate of drug-likeness (QED) is 0.416. The van der Waals surface area contributed by atoms with Gasteiger partial charge < -0.3 is 14.5 Å². The van der Waals surface area contributed by atoms with Crippen molar-refractivity contribution < 1.29 is 9.53 Å². The van der Waals surface area contributed by atoms with Crippen molar-refractivity contribution >= 4 is 6.03 Å². The molecule has 5 nitrogen and oxygen atoms in total. The van der Waals surface area contributed by atoms with Crippen LogP contribution in [0.4, 0.5) is 4.79 Å². The number of carbonyl (C=O) groups excluding carboxylic acids is 1. The molecule has 5 rings (SSSR count). The van der Waals surface area contributed by atoms with Gasteiger partial charge in [0.1, 0.15) is 5.75 Å². The van der Waals surface area contributed by atoms with Crippen LogP contribution in [0.1, 0.15) is 69.9 Å². The van der Waals surface area contributed by atoms with Crippen molar-refractivity contribution in [3.05, 3.63) is 65.7 Å². The lowest BCUT2D eigenvalue weighted by Gasteiger charge is -2.53. The third kappa shape index (κ3) is 4.51. The monoisotopic (exact) mass is 489 g/mol. The van der Waals surface area contributed by atoms with Crippen LogP contribution >= 0.6 is 0 Å². The molecule has 2 saturated carbocycles. The molecule has 5 heteroatoms. The molecular weight excluding hydrogens is 446 g/mol. The van der Waals surface area contributed by atoms with E-state index in [1.807, 2.05) is 12.1 Å². The lowest BCUT2D eigenvalue weighted by atomic mass is 9.67. The highest BCUT2D eigenvalue weighted by atomic mass is 16.5. The minimum atomic E-state index is -0.0510. The summed E-state index contributed by atoms with van der Waals surface area (Å²) in [7, 11) is 1.69. The van der Waals surface area contributed by atoms with E-state index in [0.29, 0.717) is 12.5 Å². The molecule has 0 N–H and O–H groups in total. The minimum Gasteiger partial charge on any atom is -0.497 e. The average Bonchev–Trinajstić information content (AvgIpc) is 3.14. The highest BCUT2D eigenvalue weighted by Crippen LogP contribution is 2.50. The predicted molar refractivity (Wildman–Crippen MR) is 145 cm³/mol. The van der Waals surface area contributed by atoms with Gasteiger partial charge in [0.2, 0.25) is 0 Å². The van der Waals surface area contributed by atoms with Crippen molar-refractivity contribution in [1.82, 2.24) is 14.7 Å². The first-order valence-corrected chi connectivity index (χ1v) is 14.0. The maximum absolute atomic E-state index is 13.9. The average molecular weight is 490 g/mol. The van der Waals surface area contributed by atoms with E-state index in [0.717, 1.165) is 57.6 Å². The van der Waals surface area contributed by atoms with Crippen molar-refractivity contribution in [3.63, 3.8) is 0 Å². The molecule has 3 aliphatic rings. The highest BCUT2D eigenvalue weighted by Gasteiger charge is 2.55. The number of urea groups is 1. The fourth-order valence-corrected chi connectivity index (χ4v) is 7.08. The summed E-state index contributed by atoms with van der Waals surface area (Å²) in [6.07, 6.45) is 8.19. The Balaban J connectivity index is 1.40. The number of rotatable bonds is 9. The van der Waals surface area contributed by atoms with E-state index < -0.39 is 0 Å². The summed E-state index contributed by atoms with van der Waals surface area (Å²) in [4.78, 5) is 21.0. The van der Waals surface area contributed by atoms with Gasteiger partial charge in [-0.25, -0.2) is 4.79 Å². The summed E-state index contributed by atoms with van der Waals surface area (Å²) in [5.41, 5.74) is 2.62. The van der Waals surface area contributed by atoms with Gasteiger partial charge in [-0.3, -0.25) is 4.90 Å². The van der Waals surface area contributed by atoms with Gasteiger partial charge in [0.25, 0.3) is 0 Å². The third-order valence-corrected chi connectivity index (χ3v) is 9.44. The van der Waals surface area contributed by atoms with Gasteiger partial charge >= 0.3 is 6.03 Å². The first-order valence-electron chi connectivity index (χ1n) is 14.0. The first kappa shape index (κ1) is 25.1. The Bertz CT molecular complexity index is 1010. The SMILES string of the molecule is CCN(CC)[C@]1(c2ccccc2)CC[C@@]2(CC1)CN(Cc1ccc(OC)cc1)C(=O)N2CC1CCC1. The molecule has 2 aromatic carbocycles. The molecule has 1 spiro atoms. The van der Waals surface area contributed by atoms with E-state index in [1.54, 1.807) is 7.11 Å². The predicted octanol–water partition coefficient (Wildman–Crippen LogP) is 6.28. The largest absolute Gasteiger partial charge is 0.497 e. The van der Waals surface area contributed by atoms with Crippen molar-refractivity contribution in [3.8, 4) is 5.75 Å². The molecule has 194 valence electrons. The molecule has 1 aliphatic heterocycles. The molecule has 0 unspecified atom stereocenters.